The molecule has 1 N–H and O–H groups in total. The third-order valence-corrected chi connectivity index (χ3v) is 7.97. The molecule has 0 aliphatic carbocycles. The van der Waals surface area contributed by atoms with Gasteiger partial charge in [0.25, 0.3) is 5.91 Å². The quantitative estimate of drug-likeness (QED) is 0.393. The van der Waals surface area contributed by atoms with Crippen LogP contribution in [0.15, 0.2) is 72.6 Å². The van der Waals surface area contributed by atoms with E-state index in [1.165, 1.54) is 5.57 Å². The molecule has 2 aromatic carbocycles. The molecule has 7 nitrogen and oxygen atoms in total. The molecule has 0 radical (unpaired) electrons. The largest absolute Gasteiger partial charge is 0.326 e. The van der Waals surface area contributed by atoms with E-state index in [9.17, 15) is 9.59 Å². The number of carbonyl (C=O) groups excluding carboxylic acids is 2. The zero-order valence-electron chi connectivity index (χ0n) is 22.7. The summed E-state index contributed by atoms with van der Waals surface area (Å²) in [6.45, 7) is 9.67. The maximum absolute atomic E-state index is 13.3. The van der Waals surface area contributed by atoms with Crippen molar-refractivity contribution in [2.75, 3.05) is 42.9 Å². The SMILES string of the molecule is Cc1ccc(N(CCCN2CC3=CN(C(=O)c4c(C)ccnc4C)CC3C2)C(=O)Nc2ccccc2)cc1Cl. The molecule has 3 aromatic rings. The number of pyridine rings is 1. The summed E-state index contributed by atoms with van der Waals surface area (Å²) in [7, 11) is 0. The number of amides is 3. The number of hydrogen-bond donors (Lipinski definition) is 1. The minimum atomic E-state index is -0.183. The van der Waals surface area contributed by atoms with E-state index in [4.69, 9.17) is 11.6 Å². The van der Waals surface area contributed by atoms with Gasteiger partial charge in [-0.3, -0.25) is 19.6 Å². The van der Waals surface area contributed by atoms with Crippen molar-refractivity contribution >= 4 is 34.9 Å². The summed E-state index contributed by atoms with van der Waals surface area (Å²) in [6, 6.07) is 16.9. The predicted molar refractivity (Wildman–Crippen MR) is 156 cm³/mol. The normalized spacial score (nSPS) is 16.7. The molecule has 5 rings (SSSR count). The summed E-state index contributed by atoms with van der Waals surface area (Å²) in [6.07, 6.45) is 4.59. The fourth-order valence-electron chi connectivity index (χ4n) is 5.43. The molecule has 1 aromatic heterocycles. The lowest BCUT2D eigenvalue weighted by atomic mass is 10.1. The Morgan fingerprint density at radius 3 is 2.56 bits per heavy atom. The second-order valence-corrected chi connectivity index (χ2v) is 10.8. The highest BCUT2D eigenvalue weighted by Gasteiger charge is 2.36. The van der Waals surface area contributed by atoms with Gasteiger partial charge in [0.05, 0.1) is 11.3 Å². The van der Waals surface area contributed by atoms with Gasteiger partial charge in [-0.2, -0.15) is 0 Å². The van der Waals surface area contributed by atoms with Crippen LogP contribution in [0.1, 0.15) is 33.6 Å². The third-order valence-electron chi connectivity index (χ3n) is 7.56. The smallest absolute Gasteiger partial charge is 0.314 e. The topological polar surface area (TPSA) is 68.8 Å². The van der Waals surface area contributed by atoms with Crippen LogP contribution in [0.4, 0.5) is 16.2 Å². The average Bonchev–Trinajstić information content (AvgIpc) is 3.48. The molecule has 1 saturated heterocycles. The minimum absolute atomic E-state index is 0.0309. The van der Waals surface area contributed by atoms with Crippen molar-refractivity contribution in [1.82, 2.24) is 14.8 Å². The number of halogens is 1. The molecular formula is C31H34ClN5O2. The van der Waals surface area contributed by atoms with Gasteiger partial charge in [-0.1, -0.05) is 35.9 Å². The lowest BCUT2D eigenvalue weighted by Gasteiger charge is -2.25. The summed E-state index contributed by atoms with van der Waals surface area (Å²) < 4.78 is 0. The molecular weight excluding hydrogens is 510 g/mol. The van der Waals surface area contributed by atoms with E-state index in [0.717, 1.165) is 54.3 Å². The van der Waals surface area contributed by atoms with E-state index < -0.39 is 0 Å². The number of aromatic nitrogens is 1. The predicted octanol–water partition coefficient (Wildman–Crippen LogP) is 6.06. The van der Waals surface area contributed by atoms with Crippen molar-refractivity contribution in [2.45, 2.75) is 27.2 Å². The second-order valence-electron chi connectivity index (χ2n) is 10.4. The summed E-state index contributed by atoms with van der Waals surface area (Å²) >= 11 is 6.40. The Bertz CT molecular complexity index is 1390. The first-order valence-electron chi connectivity index (χ1n) is 13.4. The lowest BCUT2D eigenvalue weighted by Crippen LogP contribution is -2.37. The standard InChI is InChI=1S/C31H34ClN5O2/c1-21-10-11-27(16-28(21)32)37(31(39)34-26-8-5-4-6-9-26)15-7-14-35-17-24-19-36(20-25(24)18-35)30(38)29-22(2)12-13-33-23(29)3/h4-6,8-13,16,19,25H,7,14-15,17-18,20H2,1-3H3,(H,34,39). The van der Waals surface area contributed by atoms with Crippen LogP contribution in [0.5, 0.6) is 0 Å². The molecule has 2 aliphatic heterocycles. The van der Waals surface area contributed by atoms with Crippen molar-refractivity contribution in [3.8, 4) is 0 Å². The van der Waals surface area contributed by atoms with E-state index in [2.05, 4.69) is 15.2 Å². The highest BCUT2D eigenvalue weighted by molar-refractivity contribution is 6.31. The van der Waals surface area contributed by atoms with Gasteiger partial charge in [-0.25, -0.2) is 4.79 Å². The molecule has 0 saturated carbocycles. The Morgan fingerprint density at radius 2 is 1.85 bits per heavy atom. The number of fused-ring (bicyclic) bond motifs is 1. The number of urea groups is 1. The van der Waals surface area contributed by atoms with Crippen molar-refractivity contribution in [3.63, 3.8) is 0 Å². The number of nitrogens with zero attached hydrogens (tertiary/aromatic N) is 4. The van der Waals surface area contributed by atoms with Gasteiger partial charge in [0.15, 0.2) is 0 Å². The number of nitrogens with one attached hydrogen (secondary N) is 1. The first-order valence-corrected chi connectivity index (χ1v) is 13.7. The van der Waals surface area contributed by atoms with Crippen LogP contribution < -0.4 is 10.2 Å². The molecule has 1 fully saturated rings. The number of hydrogen-bond acceptors (Lipinski definition) is 4. The van der Waals surface area contributed by atoms with Crippen molar-refractivity contribution in [3.05, 3.63) is 100.0 Å². The van der Waals surface area contributed by atoms with Crippen LogP contribution in [-0.4, -0.2) is 59.4 Å². The zero-order valence-corrected chi connectivity index (χ0v) is 23.4. The molecule has 39 heavy (non-hydrogen) atoms. The molecule has 1 unspecified atom stereocenters. The van der Waals surface area contributed by atoms with E-state index in [1.807, 2.05) is 86.5 Å². The fraction of sp³-hybridized carbons (Fsp3) is 0.323. The molecule has 0 spiro atoms. The molecule has 8 heteroatoms. The van der Waals surface area contributed by atoms with Crippen LogP contribution in [0.25, 0.3) is 0 Å². The zero-order chi connectivity index (χ0) is 27.5. The van der Waals surface area contributed by atoms with Crippen LogP contribution in [0.3, 0.4) is 0 Å². The first-order chi connectivity index (χ1) is 18.8. The van der Waals surface area contributed by atoms with Gasteiger partial charge in [0.1, 0.15) is 0 Å². The van der Waals surface area contributed by atoms with E-state index in [1.54, 1.807) is 11.1 Å². The fourth-order valence-corrected chi connectivity index (χ4v) is 5.60. The van der Waals surface area contributed by atoms with Gasteiger partial charge < -0.3 is 10.2 Å². The number of aryl methyl sites for hydroxylation is 3. The van der Waals surface area contributed by atoms with E-state index >= 15 is 0 Å². The lowest BCUT2D eigenvalue weighted by molar-refractivity contribution is 0.0818. The second kappa shape index (κ2) is 11.6. The Labute approximate surface area is 235 Å². The van der Waals surface area contributed by atoms with Crippen LogP contribution in [-0.2, 0) is 0 Å². The molecule has 3 heterocycles. The maximum Gasteiger partial charge on any atom is 0.326 e. The van der Waals surface area contributed by atoms with Gasteiger partial charge in [0, 0.05) is 67.4 Å². The highest BCUT2D eigenvalue weighted by atomic mass is 35.5. The Kier molecular flexibility index (Phi) is 8.00. The maximum atomic E-state index is 13.3. The molecule has 202 valence electrons. The average molecular weight is 544 g/mol. The summed E-state index contributed by atoms with van der Waals surface area (Å²) in [5.41, 5.74) is 6.23. The number of anilines is 2. The summed E-state index contributed by atoms with van der Waals surface area (Å²) in [5, 5.41) is 3.64. The monoisotopic (exact) mass is 543 g/mol. The van der Waals surface area contributed by atoms with Gasteiger partial charge >= 0.3 is 6.03 Å². The molecule has 3 amide bonds. The molecule has 0 bridgehead atoms. The Hall–Kier alpha value is -3.68. The Morgan fingerprint density at radius 1 is 1.05 bits per heavy atom. The van der Waals surface area contributed by atoms with Crippen LogP contribution in [0, 0.1) is 26.7 Å². The number of benzene rings is 2. The van der Waals surface area contributed by atoms with Crippen LogP contribution >= 0.6 is 11.6 Å². The van der Waals surface area contributed by atoms with Crippen molar-refractivity contribution in [2.24, 2.45) is 5.92 Å². The van der Waals surface area contributed by atoms with E-state index in [0.29, 0.717) is 29.6 Å². The Balaban J connectivity index is 1.21. The van der Waals surface area contributed by atoms with E-state index in [-0.39, 0.29) is 11.9 Å². The number of carbonyl (C=O) groups is 2. The van der Waals surface area contributed by atoms with Crippen LogP contribution in [0.2, 0.25) is 5.02 Å². The summed E-state index contributed by atoms with van der Waals surface area (Å²) in [5.74, 6) is 0.378. The molecule has 1 atom stereocenters. The van der Waals surface area contributed by atoms with Gasteiger partial charge in [0.2, 0.25) is 0 Å². The van der Waals surface area contributed by atoms with Crippen molar-refractivity contribution in [1.29, 1.82) is 0 Å². The summed E-state index contributed by atoms with van der Waals surface area (Å²) in [4.78, 5) is 36.8. The third kappa shape index (κ3) is 6.00. The van der Waals surface area contributed by atoms with Crippen molar-refractivity contribution < 1.29 is 9.59 Å². The first kappa shape index (κ1) is 26.9. The molecule has 2 aliphatic rings. The number of likely N-dealkylation sites (tertiary alicyclic amines) is 1. The van der Waals surface area contributed by atoms with Gasteiger partial charge in [-0.05, 0) is 74.2 Å². The van der Waals surface area contributed by atoms with Gasteiger partial charge in [-0.15, -0.1) is 0 Å². The number of rotatable bonds is 7. The number of para-hydroxylation sites is 1. The highest BCUT2D eigenvalue weighted by Crippen LogP contribution is 2.31. The minimum Gasteiger partial charge on any atom is -0.314 e.